The van der Waals surface area contributed by atoms with Crippen LogP contribution in [0.25, 0.3) is 0 Å². The minimum absolute atomic E-state index is 0.0189. The van der Waals surface area contributed by atoms with Crippen molar-refractivity contribution in [3.8, 4) is 0 Å². The van der Waals surface area contributed by atoms with Crippen molar-refractivity contribution >= 4 is 29.3 Å². The molecule has 3 N–H and O–H groups in total. The molecule has 0 aliphatic heterocycles. The molecule has 1 atom stereocenters. The molecule has 1 unspecified atom stereocenters. The van der Waals surface area contributed by atoms with Crippen LogP contribution in [0.4, 0.5) is 14.9 Å². The first-order chi connectivity index (χ1) is 9.43. The highest BCUT2D eigenvalue weighted by Crippen LogP contribution is 2.18. The molecule has 0 radical (unpaired) electrons. The summed E-state index contributed by atoms with van der Waals surface area (Å²) in [7, 11) is 0. The molecule has 0 saturated carbocycles. The second-order valence-corrected chi connectivity index (χ2v) is 4.69. The second-order valence-electron chi connectivity index (χ2n) is 4.29. The maximum atomic E-state index is 13.2. The zero-order chi connectivity index (χ0) is 15.1. The summed E-state index contributed by atoms with van der Waals surface area (Å²) >= 11 is 5.52. The van der Waals surface area contributed by atoms with E-state index in [0.717, 1.165) is 6.07 Å². The van der Waals surface area contributed by atoms with Gasteiger partial charge in [0.25, 0.3) is 0 Å². The Kier molecular flexibility index (Phi) is 6.24. The van der Waals surface area contributed by atoms with E-state index in [1.165, 1.54) is 12.1 Å². The minimum atomic E-state index is -0.954. The first kappa shape index (κ1) is 16.2. The van der Waals surface area contributed by atoms with Crippen LogP contribution in [-0.4, -0.2) is 23.7 Å². The molecule has 1 aromatic rings. The van der Waals surface area contributed by atoms with Gasteiger partial charge in [0, 0.05) is 12.2 Å². The number of hydrogen-bond donors (Lipinski definition) is 3. The maximum absolute atomic E-state index is 13.2. The summed E-state index contributed by atoms with van der Waals surface area (Å²) in [5.41, 5.74) is 0.242. The normalized spacial score (nSPS) is 11.8. The molecule has 110 valence electrons. The zero-order valence-corrected chi connectivity index (χ0v) is 11.7. The van der Waals surface area contributed by atoms with Gasteiger partial charge in [-0.1, -0.05) is 24.9 Å². The second kappa shape index (κ2) is 7.69. The molecule has 20 heavy (non-hydrogen) atoms. The van der Waals surface area contributed by atoms with Crippen molar-refractivity contribution in [1.82, 2.24) is 5.32 Å². The minimum Gasteiger partial charge on any atom is -0.481 e. The smallest absolute Gasteiger partial charge is 0.319 e. The third-order valence-electron chi connectivity index (χ3n) is 2.67. The molecule has 1 rings (SSSR count). The summed E-state index contributed by atoms with van der Waals surface area (Å²) in [4.78, 5) is 22.5. The van der Waals surface area contributed by atoms with Gasteiger partial charge >= 0.3 is 12.0 Å². The fourth-order valence-corrected chi connectivity index (χ4v) is 1.74. The van der Waals surface area contributed by atoms with E-state index in [-0.39, 0.29) is 17.3 Å². The van der Waals surface area contributed by atoms with E-state index in [0.29, 0.717) is 12.8 Å². The summed E-state index contributed by atoms with van der Waals surface area (Å²) < 4.78 is 13.2. The number of amides is 2. The van der Waals surface area contributed by atoms with Gasteiger partial charge in [-0.3, -0.25) is 4.79 Å². The number of nitrogens with one attached hydrogen (secondary N) is 2. The van der Waals surface area contributed by atoms with Crippen molar-refractivity contribution in [1.29, 1.82) is 0 Å². The highest BCUT2D eigenvalue weighted by Gasteiger charge is 2.17. The molecule has 0 saturated heterocycles. The lowest BCUT2D eigenvalue weighted by Gasteiger charge is -2.13. The van der Waals surface area contributed by atoms with Crippen molar-refractivity contribution in [2.24, 2.45) is 5.92 Å². The molecule has 0 aliphatic rings. The SMILES string of the molecule is CCCC(CNC(=O)Nc1ccc(Cl)c(F)c1)C(=O)O. The zero-order valence-electron chi connectivity index (χ0n) is 11.0. The Morgan fingerprint density at radius 3 is 2.70 bits per heavy atom. The summed E-state index contributed by atoms with van der Waals surface area (Å²) in [5, 5.41) is 13.8. The molecule has 0 aliphatic carbocycles. The number of anilines is 1. The topological polar surface area (TPSA) is 78.4 Å². The fourth-order valence-electron chi connectivity index (χ4n) is 1.63. The molecule has 5 nitrogen and oxygen atoms in total. The number of rotatable bonds is 6. The third kappa shape index (κ3) is 5.05. The molecule has 0 bridgehead atoms. The van der Waals surface area contributed by atoms with Gasteiger partial charge in [-0.2, -0.15) is 0 Å². The Hall–Kier alpha value is -1.82. The van der Waals surface area contributed by atoms with Crippen molar-refractivity contribution in [3.63, 3.8) is 0 Å². The van der Waals surface area contributed by atoms with Crippen LogP contribution in [0.1, 0.15) is 19.8 Å². The van der Waals surface area contributed by atoms with Gasteiger partial charge in [-0.05, 0) is 24.6 Å². The first-order valence-electron chi connectivity index (χ1n) is 6.16. The monoisotopic (exact) mass is 302 g/mol. The Bertz CT molecular complexity index is 497. The molecule has 2 amide bonds. The van der Waals surface area contributed by atoms with E-state index in [1.807, 2.05) is 6.92 Å². The van der Waals surface area contributed by atoms with Gasteiger partial charge in [0.2, 0.25) is 0 Å². The van der Waals surface area contributed by atoms with Gasteiger partial charge in [0.15, 0.2) is 0 Å². The van der Waals surface area contributed by atoms with Crippen LogP contribution < -0.4 is 10.6 Å². The van der Waals surface area contributed by atoms with Gasteiger partial charge in [-0.25, -0.2) is 9.18 Å². The van der Waals surface area contributed by atoms with Crippen LogP contribution >= 0.6 is 11.6 Å². The predicted octanol–water partition coefficient (Wildman–Crippen LogP) is 3.10. The molecular formula is C13H16ClFN2O3. The van der Waals surface area contributed by atoms with E-state index >= 15 is 0 Å². The quantitative estimate of drug-likeness (QED) is 0.755. The Labute approximate surface area is 121 Å². The van der Waals surface area contributed by atoms with Crippen LogP contribution in [0, 0.1) is 11.7 Å². The molecule has 0 fully saturated rings. The van der Waals surface area contributed by atoms with Crippen molar-refractivity contribution in [2.75, 3.05) is 11.9 Å². The van der Waals surface area contributed by atoms with Crippen LogP contribution in [0.15, 0.2) is 18.2 Å². The third-order valence-corrected chi connectivity index (χ3v) is 2.98. The number of aliphatic carboxylic acids is 1. The van der Waals surface area contributed by atoms with Crippen molar-refractivity contribution in [3.05, 3.63) is 29.0 Å². The number of carboxylic acid groups (broad SMARTS) is 1. The number of benzene rings is 1. The molecule has 7 heteroatoms. The molecule has 0 spiro atoms. The van der Waals surface area contributed by atoms with Crippen molar-refractivity contribution in [2.45, 2.75) is 19.8 Å². The van der Waals surface area contributed by atoms with Crippen LogP contribution in [0.2, 0.25) is 5.02 Å². The Balaban J connectivity index is 2.50. The van der Waals surface area contributed by atoms with Gasteiger partial charge in [-0.15, -0.1) is 0 Å². The largest absolute Gasteiger partial charge is 0.481 e. The number of carboxylic acids is 1. The van der Waals surface area contributed by atoms with E-state index in [4.69, 9.17) is 16.7 Å². The lowest BCUT2D eigenvalue weighted by Crippen LogP contribution is -2.35. The highest BCUT2D eigenvalue weighted by molar-refractivity contribution is 6.30. The summed E-state index contributed by atoms with van der Waals surface area (Å²) in [6, 6.07) is 3.27. The number of hydrogen-bond acceptors (Lipinski definition) is 2. The number of carbonyl (C=O) groups is 2. The van der Waals surface area contributed by atoms with Crippen molar-refractivity contribution < 1.29 is 19.1 Å². The molecular weight excluding hydrogens is 287 g/mol. The van der Waals surface area contributed by atoms with Gasteiger partial charge in [0.05, 0.1) is 10.9 Å². The molecule has 1 aromatic carbocycles. The van der Waals surface area contributed by atoms with E-state index < -0.39 is 23.7 Å². The summed E-state index contributed by atoms with van der Waals surface area (Å²) in [6.07, 6.45) is 1.19. The van der Waals surface area contributed by atoms with Crippen LogP contribution in [0.3, 0.4) is 0 Å². The predicted molar refractivity (Wildman–Crippen MR) is 74.5 cm³/mol. The van der Waals surface area contributed by atoms with E-state index in [9.17, 15) is 14.0 Å². The standard InChI is InChI=1S/C13H16ClFN2O3/c1-2-3-8(12(18)19)7-16-13(20)17-9-4-5-10(14)11(15)6-9/h4-6,8H,2-3,7H2,1H3,(H,18,19)(H2,16,17,20). The van der Waals surface area contributed by atoms with E-state index in [1.54, 1.807) is 0 Å². The van der Waals surface area contributed by atoms with Gasteiger partial charge < -0.3 is 15.7 Å². The number of carbonyl (C=O) groups excluding carboxylic acids is 1. The maximum Gasteiger partial charge on any atom is 0.319 e. The molecule has 0 aromatic heterocycles. The Morgan fingerprint density at radius 2 is 2.15 bits per heavy atom. The Morgan fingerprint density at radius 1 is 1.45 bits per heavy atom. The number of halogens is 2. The summed E-state index contributed by atoms with van der Waals surface area (Å²) in [6.45, 7) is 1.89. The van der Waals surface area contributed by atoms with Crippen LogP contribution in [0.5, 0.6) is 0 Å². The fraction of sp³-hybridized carbons (Fsp3) is 0.385. The van der Waals surface area contributed by atoms with Gasteiger partial charge in [0.1, 0.15) is 5.82 Å². The average molecular weight is 303 g/mol. The molecule has 0 heterocycles. The number of urea groups is 1. The lowest BCUT2D eigenvalue weighted by atomic mass is 10.0. The lowest BCUT2D eigenvalue weighted by molar-refractivity contribution is -0.141. The van der Waals surface area contributed by atoms with Crippen LogP contribution in [-0.2, 0) is 4.79 Å². The highest BCUT2D eigenvalue weighted by atomic mass is 35.5. The average Bonchev–Trinajstić information content (AvgIpc) is 2.38. The van der Waals surface area contributed by atoms with E-state index in [2.05, 4.69) is 10.6 Å². The summed E-state index contributed by atoms with van der Waals surface area (Å²) in [5.74, 6) is -2.23. The first-order valence-corrected chi connectivity index (χ1v) is 6.54.